The van der Waals surface area contributed by atoms with Crippen LogP contribution in [0.1, 0.15) is 15.1 Å². The fraction of sp³-hybridized carbons (Fsp3) is 0. The summed E-state index contributed by atoms with van der Waals surface area (Å²) in [6.45, 7) is 0. The van der Waals surface area contributed by atoms with E-state index in [9.17, 15) is 2.74 Å². The van der Waals surface area contributed by atoms with Crippen molar-refractivity contribution in [3.8, 4) is 44.5 Å². The quantitative estimate of drug-likeness (QED) is 0.161. The van der Waals surface area contributed by atoms with Gasteiger partial charge in [0.05, 0.1) is 26.2 Å². The molecule has 0 aliphatic heterocycles. The van der Waals surface area contributed by atoms with E-state index in [0.29, 0.717) is 54.5 Å². The van der Waals surface area contributed by atoms with Gasteiger partial charge in [0, 0.05) is 36.9 Å². The number of benzene rings is 9. The van der Waals surface area contributed by atoms with Crippen molar-refractivity contribution in [1.82, 2.24) is 0 Å². The van der Waals surface area contributed by atoms with Gasteiger partial charge in [-0.3, -0.25) is 0 Å². The zero-order valence-electron chi connectivity index (χ0n) is 41.1. The van der Waals surface area contributed by atoms with Gasteiger partial charge in [0.25, 0.3) is 0 Å². The van der Waals surface area contributed by atoms with Gasteiger partial charge < -0.3 is 9.32 Å². The standard InChI is InChI=1S/C54H35NOS/c1-4-12-36(13-5-1)39-22-28-43(29-23-39)55(48-19-11-20-50-54(48)46-34-41(26-32-49(46)56-50)37-14-6-2-7-15-37)44-30-24-40(25-31-44)45-18-10-21-52-53(45)47-35-42(27-33-51(47)57-52)38-16-8-3-9-17-38/h1-35H/i3D,8D,9D,11D,16D,17D,19D,20D,27D,33D,35D. The highest BCUT2D eigenvalue weighted by atomic mass is 32.1. The Balaban J connectivity index is 1.13. The maximum Gasteiger partial charge on any atom is 0.137 e. The molecule has 0 saturated heterocycles. The number of furan rings is 1. The SMILES string of the molecule is [2H]c1c([2H])c([2H])c(-c2c([2H])c([2H])c3sc4cccc(-c5ccc(N(c6ccc(-c7ccccc7)cc6)c6c([2H])c([2H])c([2H])c7oc8ccc(-c9ccccc9)cc8c67)cc5)c4c3c2[2H])c([2H])c1[2H]. The predicted molar refractivity (Wildman–Crippen MR) is 243 cm³/mol. The molecule has 0 spiro atoms. The van der Waals surface area contributed by atoms with E-state index in [0.717, 1.165) is 32.5 Å². The van der Waals surface area contributed by atoms with Gasteiger partial charge in [0.1, 0.15) is 11.2 Å². The zero-order valence-corrected chi connectivity index (χ0v) is 30.9. The summed E-state index contributed by atoms with van der Waals surface area (Å²) in [5.74, 6) is 0. The minimum absolute atomic E-state index is 0.154. The number of rotatable bonds is 7. The molecule has 0 aliphatic carbocycles. The van der Waals surface area contributed by atoms with Crippen LogP contribution in [0.5, 0.6) is 0 Å². The third-order valence-corrected chi connectivity index (χ3v) is 11.4. The van der Waals surface area contributed by atoms with Crippen LogP contribution in [0.2, 0.25) is 0 Å². The van der Waals surface area contributed by atoms with Gasteiger partial charge in [-0.2, -0.15) is 0 Å². The third-order valence-electron chi connectivity index (χ3n) is 10.3. The van der Waals surface area contributed by atoms with Crippen LogP contribution in [0.15, 0.2) is 216 Å². The van der Waals surface area contributed by atoms with Gasteiger partial charge in [-0.05, 0) is 111 Å². The lowest BCUT2D eigenvalue weighted by atomic mass is 9.97. The zero-order chi connectivity index (χ0) is 47.3. The van der Waals surface area contributed by atoms with E-state index in [-0.39, 0.29) is 46.9 Å². The second kappa shape index (κ2) is 13.8. The van der Waals surface area contributed by atoms with Gasteiger partial charge in [0.15, 0.2) is 0 Å². The van der Waals surface area contributed by atoms with Crippen LogP contribution in [0.3, 0.4) is 0 Å². The normalized spacial score (nSPS) is 14.2. The molecule has 11 aromatic rings. The highest BCUT2D eigenvalue weighted by Gasteiger charge is 2.21. The molecule has 2 aromatic heterocycles. The van der Waals surface area contributed by atoms with Crippen molar-refractivity contribution in [2.24, 2.45) is 0 Å². The van der Waals surface area contributed by atoms with Gasteiger partial charge in [-0.25, -0.2) is 0 Å². The Kier molecular flexibility index (Phi) is 5.74. The van der Waals surface area contributed by atoms with Gasteiger partial charge in [-0.1, -0.05) is 145 Å². The molecular formula is C54H35NOS. The number of nitrogens with zero attached hydrogens (tertiary/aromatic N) is 1. The lowest BCUT2D eigenvalue weighted by molar-refractivity contribution is 0.669. The molecule has 0 fully saturated rings. The number of hydrogen-bond acceptors (Lipinski definition) is 3. The summed E-state index contributed by atoms with van der Waals surface area (Å²) >= 11 is 1.26. The van der Waals surface area contributed by atoms with Crippen LogP contribution in [0.4, 0.5) is 17.1 Å². The molecule has 57 heavy (non-hydrogen) atoms. The summed E-state index contributed by atoms with van der Waals surface area (Å²) < 4.78 is 105. The fourth-order valence-corrected chi connectivity index (χ4v) is 8.65. The molecule has 0 saturated carbocycles. The van der Waals surface area contributed by atoms with Crippen molar-refractivity contribution in [3.63, 3.8) is 0 Å². The Morgan fingerprint density at radius 2 is 1.09 bits per heavy atom. The number of anilines is 3. The molecule has 268 valence electrons. The van der Waals surface area contributed by atoms with E-state index < -0.39 is 36.3 Å². The molecular weight excluding hydrogens is 711 g/mol. The van der Waals surface area contributed by atoms with Crippen LogP contribution in [-0.2, 0) is 0 Å². The third kappa shape index (κ3) is 5.88. The van der Waals surface area contributed by atoms with Gasteiger partial charge in [0.2, 0.25) is 0 Å². The summed E-state index contributed by atoms with van der Waals surface area (Å²) in [7, 11) is 0. The lowest BCUT2D eigenvalue weighted by Crippen LogP contribution is -2.10. The van der Waals surface area contributed by atoms with E-state index in [4.69, 9.17) is 16.8 Å². The van der Waals surface area contributed by atoms with Crippen LogP contribution >= 0.6 is 11.3 Å². The average Bonchev–Trinajstić information content (AvgIpc) is 3.96. The molecule has 0 N–H and O–H groups in total. The minimum atomic E-state index is -0.589. The van der Waals surface area contributed by atoms with E-state index in [1.807, 2.05) is 150 Å². The topological polar surface area (TPSA) is 16.4 Å². The first-order valence-electron chi connectivity index (χ1n) is 23.9. The Morgan fingerprint density at radius 3 is 1.82 bits per heavy atom. The van der Waals surface area contributed by atoms with Crippen LogP contribution in [0, 0.1) is 0 Å². The maximum atomic E-state index is 9.58. The molecule has 2 nitrogen and oxygen atoms in total. The van der Waals surface area contributed by atoms with E-state index in [1.165, 1.54) is 11.3 Å². The number of fused-ring (bicyclic) bond motifs is 6. The Bertz CT molecular complexity index is 3830. The minimum Gasteiger partial charge on any atom is -0.456 e. The van der Waals surface area contributed by atoms with Crippen molar-refractivity contribution in [2.45, 2.75) is 0 Å². The number of hydrogen-bond donors (Lipinski definition) is 0. The molecule has 0 aliphatic rings. The second-order valence-electron chi connectivity index (χ2n) is 13.6. The van der Waals surface area contributed by atoms with Crippen molar-refractivity contribution < 1.29 is 19.5 Å². The summed E-state index contributed by atoms with van der Waals surface area (Å²) in [5.41, 5.74) is 7.28. The van der Waals surface area contributed by atoms with Gasteiger partial charge in [-0.15, -0.1) is 11.3 Å². The average molecular weight is 757 g/mol. The number of thiophene rings is 1. The summed E-state index contributed by atoms with van der Waals surface area (Å²) in [4.78, 5) is 1.92. The van der Waals surface area contributed by atoms with Crippen molar-refractivity contribution in [3.05, 3.63) is 212 Å². The smallest absolute Gasteiger partial charge is 0.137 e. The van der Waals surface area contributed by atoms with E-state index in [1.54, 1.807) is 0 Å². The molecule has 3 heteroatoms. The molecule has 2 heterocycles. The van der Waals surface area contributed by atoms with E-state index >= 15 is 0 Å². The predicted octanol–water partition coefficient (Wildman–Crippen LogP) is 16.1. The van der Waals surface area contributed by atoms with E-state index in [2.05, 4.69) is 0 Å². The molecule has 0 atom stereocenters. The van der Waals surface area contributed by atoms with Gasteiger partial charge >= 0.3 is 0 Å². The fourth-order valence-electron chi connectivity index (χ4n) is 7.61. The summed E-state index contributed by atoms with van der Waals surface area (Å²) in [6.07, 6.45) is 0. The van der Waals surface area contributed by atoms with Crippen LogP contribution in [0.25, 0.3) is 86.6 Å². The second-order valence-corrected chi connectivity index (χ2v) is 14.7. The highest BCUT2D eigenvalue weighted by Crippen LogP contribution is 2.46. The molecule has 0 amide bonds. The monoisotopic (exact) mass is 756 g/mol. The highest BCUT2D eigenvalue weighted by molar-refractivity contribution is 7.26. The first kappa shape index (κ1) is 23.7. The van der Waals surface area contributed by atoms with Crippen molar-refractivity contribution in [1.29, 1.82) is 0 Å². The lowest BCUT2D eigenvalue weighted by Gasteiger charge is -2.26. The molecule has 0 radical (unpaired) electrons. The maximum absolute atomic E-state index is 9.58. The molecule has 9 aromatic carbocycles. The first-order chi connectivity index (χ1) is 32.8. The molecule has 0 bridgehead atoms. The van der Waals surface area contributed by atoms with Crippen molar-refractivity contribution >= 4 is 70.5 Å². The molecule has 0 unspecified atom stereocenters. The largest absolute Gasteiger partial charge is 0.456 e. The summed E-state index contributed by atoms with van der Waals surface area (Å²) in [5, 5.41) is 2.18. The van der Waals surface area contributed by atoms with Crippen LogP contribution in [-0.4, -0.2) is 0 Å². The summed E-state index contributed by atoms with van der Waals surface area (Å²) in [6, 6.07) is 42.7. The van der Waals surface area contributed by atoms with Crippen molar-refractivity contribution in [2.75, 3.05) is 4.90 Å². The van der Waals surface area contributed by atoms with Crippen LogP contribution < -0.4 is 4.90 Å². The molecule has 11 rings (SSSR count). The Morgan fingerprint density at radius 1 is 0.421 bits per heavy atom. The Hall–Kier alpha value is -7.20. The Labute approximate surface area is 350 Å². The first-order valence-corrected chi connectivity index (χ1v) is 19.2.